The molecule has 6 nitrogen and oxygen atoms in total. The van der Waals surface area contributed by atoms with Crippen molar-refractivity contribution in [2.75, 3.05) is 6.61 Å². The van der Waals surface area contributed by atoms with Gasteiger partial charge in [0.05, 0.1) is 25.2 Å². The molecule has 1 saturated carbocycles. The lowest BCUT2D eigenvalue weighted by molar-refractivity contribution is -0.138. The zero-order valence-electron chi connectivity index (χ0n) is 15.9. The summed E-state index contributed by atoms with van der Waals surface area (Å²) in [4.78, 5) is 15.6. The van der Waals surface area contributed by atoms with Gasteiger partial charge in [0.25, 0.3) is 0 Å². The number of carbonyl (C=O) groups is 1. The fourth-order valence-corrected chi connectivity index (χ4v) is 3.94. The highest BCUT2D eigenvalue weighted by molar-refractivity contribution is 5.66. The summed E-state index contributed by atoms with van der Waals surface area (Å²) in [5.74, 6) is 0.113. The summed E-state index contributed by atoms with van der Waals surface area (Å²) in [5.41, 5.74) is 4.95. The molecule has 0 spiro atoms. The lowest BCUT2D eigenvalue weighted by Crippen LogP contribution is -2.30. The Bertz CT molecular complexity index is 526. The SMILES string of the molecule is CCC(CC)CCC(O)C=CC1C(O)CC2=C(NOCCC(=O)O)C[C@H]21. The van der Waals surface area contributed by atoms with Gasteiger partial charge in [-0.05, 0) is 43.1 Å². The fraction of sp³-hybridized carbons (Fsp3) is 0.750. The van der Waals surface area contributed by atoms with Crippen molar-refractivity contribution in [1.29, 1.82) is 0 Å². The largest absolute Gasteiger partial charge is 0.481 e. The van der Waals surface area contributed by atoms with Crippen molar-refractivity contribution < 1.29 is 25.0 Å². The highest BCUT2D eigenvalue weighted by Gasteiger charge is 2.44. The van der Waals surface area contributed by atoms with Crippen molar-refractivity contribution in [3.05, 3.63) is 23.4 Å². The van der Waals surface area contributed by atoms with Gasteiger partial charge in [-0.3, -0.25) is 15.1 Å². The van der Waals surface area contributed by atoms with E-state index in [2.05, 4.69) is 19.3 Å². The topological polar surface area (TPSA) is 99.0 Å². The number of allylic oxidation sites excluding steroid dienone is 1. The Labute approximate surface area is 155 Å². The quantitative estimate of drug-likeness (QED) is 0.240. The van der Waals surface area contributed by atoms with Gasteiger partial charge in [-0.1, -0.05) is 38.8 Å². The third kappa shape index (κ3) is 5.56. The number of hydroxylamine groups is 1. The number of aliphatic carboxylic acids is 1. The number of carboxylic acid groups (broad SMARTS) is 1. The van der Waals surface area contributed by atoms with Crippen LogP contribution in [0, 0.1) is 17.8 Å². The Kier molecular flexibility index (Phi) is 8.13. The molecule has 0 bridgehead atoms. The Morgan fingerprint density at radius 1 is 1.31 bits per heavy atom. The minimum atomic E-state index is -0.889. The summed E-state index contributed by atoms with van der Waals surface area (Å²) in [7, 11) is 0. The predicted octanol–water partition coefficient (Wildman–Crippen LogP) is 2.77. The molecular weight excluding hydrogens is 334 g/mol. The van der Waals surface area contributed by atoms with E-state index in [1.165, 1.54) is 0 Å². The van der Waals surface area contributed by atoms with Gasteiger partial charge in [-0.15, -0.1) is 0 Å². The monoisotopic (exact) mass is 367 g/mol. The molecule has 0 aliphatic heterocycles. The molecule has 2 rings (SSSR count). The van der Waals surface area contributed by atoms with E-state index < -0.39 is 18.2 Å². The van der Waals surface area contributed by atoms with Gasteiger partial charge >= 0.3 is 5.97 Å². The van der Waals surface area contributed by atoms with Gasteiger partial charge in [0.2, 0.25) is 0 Å². The van der Waals surface area contributed by atoms with Crippen molar-refractivity contribution in [3.8, 4) is 0 Å². The lowest BCUT2D eigenvalue weighted by Gasteiger charge is -2.31. The van der Waals surface area contributed by atoms with Crippen LogP contribution in [0.2, 0.25) is 0 Å². The van der Waals surface area contributed by atoms with E-state index in [1.807, 2.05) is 12.2 Å². The Morgan fingerprint density at radius 3 is 2.69 bits per heavy atom. The molecule has 2 aliphatic carbocycles. The van der Waals surface area contributed by atoms with Crippen LogP contribution in [0.5, 0.6) is 0 Å². The second kappa shape index (κ2) is 10.1. The molecule has 0 heterocycles. The maximum Gasteiger partial charge on any atom is 0.305 e. The highest BCUT2D eigenvalue weighted by Crippen LogP contribution is 2.49. The lowest BCUT2D eigenvalue weighted by atomic mass is 9.79. The van der Waals surface area contributed by atoms with Crippen molar-refractivity contribution in [3.63, 3.8) is 0 Å². The Morgan fingerprint density at radius 2 is 2.04 bits per heavy atom. The Hall–Kier alpha value is -1.37. The summed E-state index contributed by atoms with van der Waals surface area (Å²) in [6.07, 6.45) is 8.38. The van der Waals surface area contributed by atoms with E-state index in [1.54, 1.807) is 0 Å². The summed E-state index contributed by atoms with van der Waals surface area (Å²) >= 11 is 0. The van der Waals surface area contributed by atoms with Crippen LogP contribution < -0.4 is 5.48 Å². The molecule has 6 heteroatoms. The van der Waals surface area contributed by atoms with Crippen LogP contribution in [0.1, 0.15) is 58.8 Å². The van der Waals surface area contributed by atoms with Crippen LogP contribution in [0.25, 0.3) is 0 Å². The van der Waals surface area contributed by atoms with Crippen molar-refractivity contribution in [2.45, 2.75) is 71.0 Å². The molecule has 3 unspecified atom stereocenters. The third-order valence-electron chi connectivity index (χ3n) is 5.79. The number of hydrogen-bond acceptors (Lipinski definition) is 5. The maximum atomic E-state index is 10.5. The molecule has 148 valence electrons. The number of nitrogens with one attached hydrogen (secondary N) is 1. The summed E-state index contributed by atoms with van der Waals surface area (Å²) in [5, 5.41) is 29.1. The summed E-state index contributed by atoms with van der Waals surface area (Å²) in [6, 6.07) is 0. The van der Waals surface area contributed by atoms with Gasteiger partial charge in [0.15, 0.2) is 0 Å². The first-order chi connectivity index (χ1) is 12.5. The van der Waals surface area contributed by atoms with Crippen LogP contribution in [0.4, 0.5) is 0 Å². The predicted molar refractivity (Wildman–Crippen MR) is 99.0 cm³/mol. The minimum absolute atomic E-state index is 0.0392. The highest BCUT2D eigenvalue weighted by atomic mass is 16.6. The first kappa shape index (κ1) is 20.9. The molecule has 4 atom stereocenters. The number of fused-ring (bicyclic) bond motifs is 1. The molecule has 0 saturated heterocycles. The molecule has 1 fully saturated rings. The van der Waals surface area contributed by atoms with E-state index in [9.17, 15) is 15.0 Å². The first-order valence-corrected chi connectivity index (χ1v) is 9.82. The van der Waals surface area contributed by atoms with E-state index in [4.69, 9.17) is 9.94 Å². The molecule has 26 heavy (non-hydrogen) atoms. The van der Waals surface area contributed by atoms with Gasteiger partial charge < -0.3 is 15.3 Å². The molecule has 0 aromatic carbocycles. The molecule has 0 aromatic rings. The maximum absolute atomic E-state index is 10.5. The average Bonchev–Trinajstić information content (AvgIpc) is 2.84. The number of hydrogen-bond donors (Lipinski definition) is 4. The van der Waals surface area contributed by atoms with E-state index >= 15 is 0 Å². The molecule has 4 N–H and O–H groups in total. The second-order valence-corrected chi connectivity index (χ2v) is 7.47. The van der Waals surface area contributed by atoms with Crippen molar-refractivity contribution in [2.24, 2.45) is 17.8 Å². The molecular formula is C20H33NO5. The first-order valence-electron chi connectivity index (χ1n) is 9.82. The standard InChI is InChI=1S/C20H33NO5/c1-3-13(4-2)5-6-14(22)7-8-15-16-11-18(17(16)12-19(15)23)21-26-10-9-20(24)25/h7-8,13-16,19,21-23H,3-6,9-12H2,1-2H3,(H,24,25)/t14?,15?,16-,19?/m0/s1. The molecule has 2 aliphatic rings. The molecule has 0 amide bonds. The van der Waals surface area contributed by atoms with Crippen molar-refractivity contribution >= 4 is 5.97 Å². The van der Waals surface area contributed by atoms with Gasteiger partial charge in [-0.2, -0.15) is 0 Å². The van der Waals surface area contributed by atoms with Crippen LogP contribution in [0.3, 0.4) is 0 Å². The molecule has 0 radical (unpaired) electrons. The number of carboxylic acids is 1. The summed E-state index contributed by atoms with van der Waals surface area (Å²) in [6.45, 7) is 4.49. The van der Waals surface area contributed by atoms with Crippen molar-refractivity contribution in [1.82, 2.24) is 5.48 Å². The van der Waals surface area contributed by atoms with Crippen LogP contribution >= 0.6 is 0 Å². The van der Waals surface area contributed by atoms with Gasteiger partial charge in [0, 0.05) is 11.6 Å². The van der Waals surface area contributed by atoms with Crippen LogP contribution in [-0.2, 0) is 9.63 Å². The van der Waals surface area contributed by atoms with E-state index in [0.29, 0.717) is 12.3 Å². The number of rotatable bonds is 12. The van der Waals surface area contributed by atoms with Gasteiger partial charge in [0.1, 0.15) is 0 Å². The normalized spacial score (nSPS) is 26.3. The second-order valence-electron chi connectivity index (χ2n) is 7.47. The zero-order valence-corrected chi connectivity index (χ0v) is 15.9. The third-order valence-corrected chi connectivity index (χ3v) is 5.79. The van der Waals surface area contributed by atoms with E-state index in [0.717, 1.165) is 43.4 Å². The van der Waals surface area contributed by atoms with Crippen LogP contribution in [-0.4, -0.2) is 40.1 Å². The smallest absolute Gasteiger partial charge is 0.305 e. The van der Waals surface area contributed by atoms with Gasteiger partial charge in [-0.25, -0.2) is 0 Å². The minimum Gasteiger partial charge on any atom is -0.481 e. The zero-order chi connectivity index (χ0) is 19.1. The van der Waals surface area contributed by atoms with E-state index in [-0.39, 0.29) is 24.9 Å². The van der Waals surface area contributed by atoms with Crippen LogP contribution in [0.15, 0.2) is 23.4 Å². The summed E-state index contributed by atoms with van der Waals surface area (Å²) < 4.78 is 0. The number of aliphatic hydroxyl groups excluding tert-OH is 2. The Balaban J connectivity index is 1.78. The number of aliphatic hydroxyl groups is 2. The molecule has 0 aromatic heterocycles. The average molecular weight is 367 g/mol. The fourth-order valence-electron chi connectivity index (χ4n) is 3.94.